The molecule has 0 saturated heterocycles. The van der Waals surface area contributed by atoms with Gasteiger partial charge in [-0.2, -0.15) is 13.2 Å². The first kappa shape index (κ1) is 20.6. The summed E-state index contributed by atoms with van der Waals surface area (Å²) in [6.07, 6.45) is -4.56. The second-order valence-electron chi connectivity index (χ2n) is 5.27. The molecule has 0 atom stereocenters. The number of hydrogen-bond acceptors (Lipinski definition) is 3. The van der Waals surface area contributed by atoms with E-state index in [0.29, 0.717) is 11.4 Å². The van der Waals surface area contributed by atoms with E-state index in [1.165, 1.54) is 0 Å². The molecule has 0 aliphatic heterocycles. The van der Waals surface area contributed by atoms with Gasteiger partial charge in [0.25, 0.3) is 5.91 Å². The summed E-state index contributed by atoms with van der Waals surface area (Å²) in [4.78, 5) is 16.1. The van der Waals surface area contributed by atoms with E-state index >= 15 is 0 Å². The molecule has 26 heavy (non-hydrogen) atoms. The topological polar surface area (TPSA) is 51.2 Å². The number of nitrogens with one attached hydrogen (secondary N) is 1. The molecule has 140 valence electrons. The summed E-state index contributed by atoms with van der Waals surface area (Å²) in [5.74, 6) is -0.658. The molecule has 1 aromatic carbocycles. The number of rotatable bonds is 4. The van der Waals surface area contributed by atoms with E-state index < -0.39 is 24.3 Å². The average molecular weight is 428 g/mol. The van der Waals surface area contributed by atoms with Gasteiger partial charge in [-0.1, -0.05) is 34.8 Å². The van der Waals surface area contributed by atoms with Gasteiger partial charge in [0.05, 0.1) is 27.7 Å². The zero-order valence-electron chi connectivity index (χ0n) is 13.5. The highest BCUT2D eigenvalue weighted by atomic mass is 35.5. The Labute approximate surface area is 162 Å². The quantitative estimate of drug-likeness (QED) is 0.681. The number of nitrogens with zero attached hydrogens (tertiary/aromatic N) is 1. The fourth-order valence-corrected chi connectivity index (χ4v) is 2.62. The van der Waals surface area contributed by atoms with Crippen molar-refractivity contribution in [3.8, 4) is 5.75 Å². The molecule has 1 heterocycles. The Balaban J connectivity index is 2.14. The zero-order chi connectivity index (χ0) is 19.6. The van der Waals surface area contributed by atoms with Gasteiger partial charge in [0, 0.05) is 0 Å². The zero-order valence-corrected chi connectivity index (χ0v) is 15.7. The Morgan fingerprint density at radius 3 is 2.27 bits per heavy atom. The fraction of sp³-hybridized carbons (Fsp3) is 0.250. The van der Waals surface area contributed by atoms with Gasteiger partial charge < -0.3 is 10.1 Å². The lowest BCUT2D eigenvalue weighted by Gasteiger charge is -2.14. The number of aromatic nitrogens is 1. The third-order valence-corrected chi connectivity index (χ3v) is 4.50. The standard InChI is InChI=1S/C16H12Cl3F3N2O2/c1-7-13(18)15(14(19)8(2)23-7)26-6-12(25)24-11-5-9(16(20,21)22)3-4-10(11)17/h3-5H,6H2,1-2H3,(H,24,25). The number of carbonyl (C=O) groups is 1. The number of alkyl halides is 3. The molecule has 2 rings (SSSR count). The van der Waals surface area contributed by atoms with Gasteiger partial charge in [0.2, 0.25) is 0 Å². The highest BCUT2D eigenvalue weighted by molar-refractivity contribution is 6.37. The lowest BCUT2D eigenvalue weighted by Crippen LogP contribution is -2.21. The van der Waals surface area contributed by atoms with Crippen LogP contribution >= 0.6 is 34.8 Å². The van der Waals surface area contributed by atoms with E-state index in [2.05, 4.69) is 10.3 Å². The van der Waals surface area contributed by atoms with Crippen LogP contribution < -0.4 is 10.1 Å². The number of hydrogen-bond donors (Lipinski definition) is 1. The Morgan fingerprint density at radius 1 is 1.15 bits per heavy atom. The highest BCUT2D eigenvalue weighted by Gasteiger charge is 2.31. The minimum absolute atomic E-state index is 0.0435. The predicted molar refractivity (Wildman–Crippen MR) is 94.3 cm³/mol. The van der Waals surface area contributed by atoms with E-state index in [9.17, 15) is 18.0 Å². The molecule has 0 aliphatic carbocycles. The molecular weight excluding hydrogens is 416 g/mol. The molecule has 10 heteroatoms. The number of halogens is 6. The molecule has 1 aromatic heterocycles. The van der Waals surface area contributed by atoms with Crippen LogP contribution in [0.1, 0.15) is 17.0 Å². The normalized spacial score (nSPS) is 11.4. The third kappa shape index (κ3) is 4.72. The maximum absolute atomic E-state index is 12.8. The van der Waals surface area contributed by atoms with E-state index in [1.54, 1.807) is 13.8 Å². The molecule has 1 N–H and O–H groups in total. The number of ether oxygens (including phenoxy) is 1. The molecule has 0 fully saturated rings. The van der Waals surface area contributed by atoms with Gasteiger partial charge in [-0.25, -0.2) is 0 Å². The van der Waals surface area contributed by atoms with Crippen molar-refractivity contribution in [1.82, 2.24) is 4.98 Å². The summed E-state index contributed by atoms with van der Waals surface area (Å²) in [7, 11) is 0. The van der Waals surface area contributed by atoms with Crippen molar-refractivity contribution in [3.63, 3.8) is 0 Å². The second kappa shape index (κ2) is 7.90. The lowest BCUT2D eigenvalue weighted by atomic mass is 10.2. The summed E-state index contributed by atoms with van der Waals surface area (Å²) >= 11 is 17.9. The average Bonchev–Trinajstić information content (AvgIpc) is 2.54. The Hall–Kier alpha value is -1.70. The Kier molecular flexibility index (Phi) is 6.26. The van der Waals surface area contributed by atoms with Gasteiger partial charge in [0.1, 0.15) is 10.0 Å². The summed E-state index contributed by atoms with van der Waals surface area (Å²) < 4.78 is 43.6. The minimum Gasteiger partial charge on any atom is -0.480 e. The van der Waals surface area contributed by atoms with Gasteiger partial charge in [-0.15, -0.1) is 0 Å². The molecular formula is C16H12Cl3F3N2O2. The first-order chi connectivity index (χ1) is 12.0. The summed E-state index contributed by atoms with van der Waals surface area (Å²) in [5, 5.41) is 2.51. The van der Waals surface area contributed by atoms with Crippen LogP contribution in [0.3, 0.4) is 0 Å². The molecule has 0 saturated carbocycles. The Bertz CT molecular complexity index is 831. The smallest absolute Gasteiger partial charge is 0.416 e. The number of anilines is 1. The van der Waals surface area contributed by atoms with Crippen molar-refractivity contribution in [3.05, 3.63) is 50.2 Å². The summed E-state index contributed by atoms with van der Waals surface area (Å²) in [6, 6.07) is 2.60. The monoisotopic (exact) mass is 426 g/mol. The van der Waals surface area contributed by atoms with Crippen LogP contribution in [0.25, 0.3) is 0 Å². The number of benzene rings is 1. The number of carbonyl (C=O) groups excluding carboxylic acids is 1. The van der Waals surface area contributed by atoms with E-state index in [-0.39, 0.29) is 26.5 Å². The summed E-state index contributed by atoms with van der Waals surface area (Å²) in [6.45, 7) is 2.75. The number of pyridine rings is 1. The van der Waals surface area contributed by atoms with E-state index in [4.69, 9.17) is 39.5 Å². The molecule has 0 aliphatic rings. The van der Waals surface area contributed by atoms with Crippen molar-refractivity contribution < 1.29 is 22.7 Å². The van der Waals surface area contributed by atoms with Crippen molar-refractivity contribution >= 4 is 46.4 Å². The van der Waals surface area contributed by atoms with Crippen molar-refractivity contribution in [2.24, 2.45) is 0 Å². The second-order valence-corrected chi connectivity index (χ2v) is 6.43. The van der Waals surface area contributed by atoms with Crippen LogP contribution in [0.2, 0.25) is 15.1 Å². The van der Waals surface area contributed by atoms with Crippen molar-refractivity contribution in [2.45, 2.75) is 20.0 Å². The molecule has 0 bridgehead atoms. The highest BCUT2D eigenvalue weighted by Crippen LogP contribution is 2.36. The SMILES string of the molecule is Cc1nc(C)c(Cl)c(OCC(=O)Nc2cc(C(F)(F)F)ccc2Cl)c1Cl. The fourth-order valence-electron chi connectivity index (χ4n) is 2.02. The minimum atomic E-state index is -4.56. The van der Waals surface area contributed by atoms with Crippen LogP contribution in [-0.4, -0.2) is 17.5 Å². The Morgan fingerprint density at radius 2 is 1.73 bits per heavy atom. The first-order valence-corrected chi connectivity index (χ1v) is 8.25. The summed E-state index contributed by atoms with van der Waals surface area (Å²) in [5.41, 5.74) is -0.200. The van der Waals surface area contributed by atoms with E-state index in [0.717, 1.165) is 18.2 Å². The van der Waals surface area contributed by atoms with Gasteiger partial charge in [0.15, 0.2) is 12.4 Å². The first-order valence-electron chi connectivity index (χ1n) is 7.12. The van der Waals surface area contributed by atoms with Crippen LogP contribution in [0.5, 0.6) is 5.75 Å². The maximum atomic E-state index is 12.8. The molecule has 4 nitrogen and oxygen atoms in total. The van der Waals surface area contributed by atoms with Gasteiger partial charge in [-0.3, -0.25) is 9.78 Å². The van der Waals surface area contributed by atoms with E-state index in [1.807, 2.05) is 0 Å². The van der Waals surface area contributed by atoms with Crippen LogP contribution in [0.4, 0.5) is 18.9 Å². The van der Waals surface area contributed by atoms with Crippen LogP contribution in [0, 0.1) is 13.8 Å². The maximum Gasteiger partial charge on any atom is 0.416 e. The van der Waals surface area contributed by atoms with Crippen molar-refractivity contribution in [2.75, 3.05) is 11.9 Å². The molecule has 2 aromatic rings. The van der Waals surface area contributed by atoms with Crippen LogP contribution in [0.15, 0.2) is 18.2 Å². The number of amides is 1. The molecule has 0 spiro atoms. The lowest BCUT2D eigenvalue weighted by molar-refractivity contribution is -0.137. The molecule has 1 amide bonds. The molecule has 0 unspecified atom stereocenters. The van der Waals surface area contributed by atoms with Gasteiger partial charge in [-0.05, 0) is 32.0 Å². The number of aryl methyl sites for hydroxylation is 2. The van der Waals surface area contributed by atoms with Crippen molar-refractivity contribution in [1.29, 1.82) is 0 Å². The van der Waals surface area contributed by atoms with Gasteiger partial charge >= 0.3 is 6.18 Å². The van der Waals surface area contributed by atoms with Crippen LogP contribution in [-0.2, 0) is 11.0 Å². The predicted octanol–water partition coefficient (Wildman–Crippen LogP) is 5.69. The third-order valence-electron chi connectivity index (χ3n) is 3.28. The molecule has 0 radical (unpaired) electrons. The largest absolute Gasteiger partial charge is 0.480 e.